The van der Waals surface area contributed by atoms with Crippen LogP contribution < -0.4 is 5.73 Å². The average Bonchev–Trinajstić information content (AvgIpc) is 2.96. The van der Waals surface area contributed by atoms with E-state index in [0.29, 0.717) is 23.6 Å². The molecule has 114 valence electrons. The summed E-state index contributed by atoms with van der Waals surface area (Å²) in [6.45, 7) is 9.03. The van der Waals surface area contributed by atoms with Gasteiger partial charge in [-0.05, 0) is 33.8 Å². The smallest absolute Gasteiger partial charge is 0.359 e. The van der Waals surface area contributed by atoms with Crippen LogP contribution in [0.15, 0.2) is 6.07 Å². The number of nitrogens with zero attached hydrogens (tertiary/aromatic N) is 4. The molecule has 2 rings (SSSR count). The van der Waals surface area contributed by atoms with Crippen LogP contribution in [0.1, 0.15) is 41.4 Å². The minimum Gasteiger partial charge on any atom is -0.454 e. The van der Waals surface area contributed by atoms with E-state index in [1.165, 1.54) is 0 Å². The molecule has 21 heavy (non-hydrogen) atoms. The van der Waals surface area contributed by atoms with Crippen molar-refractivity contribution in [1.29, 1.82) is 0 Å². The largest absolute Gasteiger partial charge is 0.454 e. The second kappa shape index (κ2) is 5.99. The number of aromatic nitrogens is 4. The zero-order valence-electron chi connectivity index (χ0n) is 12.9. The number of nitrogens with two attached hydrogens (primary N) is 1. The summed E-state index contributed by atoms with van der Waals surface area (Å²) in [6.07, 6.45) is 0. The number of nitrogen functional groups attached to an aromatic ring is 1. The maximum absolute atomic E-state index is 12.2. The molecule has 0 spiro atoms. The van der Waals surface area contributed by atoms with E-state index in [4.69, 9.17) is 10.5 Å². The molecule has 2 N–H and O–H groups in total. The van der Waals surface area contributed by atoms with Gasteiger partial charge < -0.3 is 10.5 Å². The zero-order chi connectivity index (χ0) is 15.6. The number of ether oxygens (including phenoxy) is 1. The van der Waals surface area contributed by atoms with Crippen LogP contribution in [0.4, 0.5) is 5.69 Å². The Hall–Kier alpha value is -2.31. The third kappa shape index (κ3) is 2.91. The lowest BCUT2D eigenvalue weighted by atomic mass is 10.3. The van der Waals surface area contributed by atoms with Crippen molar-refractivity contribution in [2.75, 3.05) is 5.73 Å². The Morgan fingerprint density at radius 1 is 1.24 bits per heavy atom. The van der Waals surface area contributed by atoms with Crippen LogP contribution in [-0.2, 0) is 24.4 Å². The number of hydrogen-bond donors (Lipinski definition) is 1. The van der Waals surface area contributed by atoms with Crippen LogP contribution in [0.3, 0.4) is 0 Å². The molecule has 0 radical (unpaired) electrons. The number of aryl methyl sites for hydroxylation is 4. The third-order valence-corrected chi connectivity index (χ3v) is 3.30. The van der Waals surface area contributed by atoms with Crippen molar-refractivity contribution in [3.8, 4) is 0 Å². The molecule has 0 amide bonds. The molecule has 0 bridgehead atoms. The quantitative estimate of drug-likeness (QED) is 0.847. The highest BCUT2D eigenvalue weighted by atomic mass is 16.5. The van der Waals surface area contributed by atoms with E-state index in [2.05, 4.69) is 10.2 Å². The minimum atomic E-state index is -0.462. The fourth-order valence-corrected chi connectivity index (χ4v) is 2.24. The molecule has 0 saturated heterocycles. The Bertz CT molecular complexity index is 657. The molecule has 0 unspecified atom stereocenters. The highest BCUT2D eigenvalue weighted by Crippen LogP contribution is 2.18. The molecule has 2 aromatic heterocycles. The SMILES string of the molecule is CCn1nc(C)cc1COC(=O)c1c(N)c(C)nn1CC. The lowest BCUT2D eigenvalue weighted by Crippen LogP contribution is -2.15. The van der Waals surface area contributed by atoms with E-state index in [-0.39, 0.29) is 6.61 Å². The fourth-order valence-electron chi connectivity index (χ4n) is 2.24. The van der Waals surface area contributed by atoms with Gasteiger partial charge in [-0.2, -0.15) is 10.2 Å². The van der Waals surface area contributed by atoms with Gasteiger partial charge in [0.1, 0.15) is 6.61 Å². The fraction of sp³-hybridized carbons (Fsp3) is 0.500. The standard InChI is InChI=1S/C14H21N5O2/c1-5-18-11(7-9(3)16-18)8-21-14(20)13-12(15)10(4)17-19(13)6-2/h7H,5-6,8,15H2,1-4H3. The molecule has 0 aromatic carbocycles. The topological polar surface area (TPSA) is 88.0 Å². The number of anilines is 1. The molecule has 2 heterocycles. The van der Waals surface area contributed by atoms with Gasteiger partial charge in [-0.15, -0.1) is 0 Å². The molecule has 0 aliphatic rings. The summed E-state index contributed by atoms with van der Waals surface area (Å²) in [7, 11) is 0. The number of carbonyl (C=O) groups excluding carboxylic acids is 1. The maximum Gasteiger partial charge on any atom is 0.359 e. The first-order valence-electron chi connectivity index (χ1n) is 7.01. The molecule has 0 aliphatic carbocycles. The van der Waals surface area contributed by atoms with Gasteiger partial charge in [0.15, 0.2) is 5.69 Å². The first-order valence-corrected chi connectivity index (χ1v) is 7.01. The van der Waals surface area contributed by atoms with E-state index < -0.39 is 5.97 Å². The number of hydrogen-bond acceptors (Lipinski definition) is 5. The predicted octanol–water partition coefficient (Wildman–Crippen LogP) is 1.68. The number of esters is 1. The summed E-state index contributed by atoms with van der Waals surface area (Å²) in [4.78, 5) is 12.2. The van der Waals surface area contributed by atoms with Crippen LogP contribution >= 0.6 is 0 Å². The van der Waals surface area contributed by atoms with Gasteiger partial charge in [0.05, 0.1) is 22.8 Å². The Kier molecular flexibility index (Phi) is 4.30. The summed E-state index contributed by atoms with van der Waals surface area (Å²) in [5, 5.41) is 8.53. The highest BCUT2D eigenvalue weighted by molar-refractivity contribution is 5.93. The number of rotatable bonds is 5. The van der Waals surface area contributed by atoms with Crippen LogP contribution in [0.25, 0.3) is 0 Å². The van der Waals surface area contributed by atoms with Crippen LogP contribution in [-0.4, -0.2) is 25.5 Å². The Morgan fingerprint density at radius 2 is 1.90 bits per heavy atom. The molecular formula is C14H21N5O2. The maximum atomic E-state index is 12.2. The molecule has 0 saturated carbocycles. The molecular weight excluding hydrogens is 270 g/mol. The molecule has 0 atom stereocenters. The van der Waals surface area contributed by atoms with Crippen molar-refractivity contribution in [3.05, 3.63) is 28.8 Å². The summed E-state index contributed by atoms with van der Waals surface area (Å²) >= 11 is 0. The van der Waals surface area contributed by atoms with E-state index in [9.17, 15) is 4.79 Å². The van der Waals surface area contributed by atoms with Crippen molar-refractivity contribution < 1.29 is 9.53 Å². The molecule has 0 fully saturated rings. The summed E-state index contributed by atoms with van der Waals surface area (Å²) in [5.41, 5.74) is 9.00. The summed E-state index contributed by atoms with van der Waals surface area (Å²) in [5.74, 6) is -0.462. The second-order valence-electron chi connectivity index (χ2n) is 4.83. The zero-order valence-corrected chi connectivity index (χ0v) is 12.9. The number of carbonyl (C=O) groups is 1. The first-order chi connectivity index (χ1) is 9.97. The minimum absolute atomic E-state index is 0.168. The van der Waals surface area contributed by atoms with E-state index in [0.717, 1.165) is 17.9 Å². The van der Waals surface area contributed by atoms with Crippen LogP contribution in [0.2, 0.25) is 0 Å². The Morgan fingerprint density at radius 3 is 2.52 bits per heavy atom. The van der Waals surface area contributed by atoms with Gasteiger partial charge >= 0.3 is 5.97 Å². The van der Waals surface area contributed by atoms with Crippen LogP contribution in [0, 0.1) is 13.8 Å². The van der Waals surface area contributed by atoms with Gasteiger partial charge in [0.25, 0.3) is 0 Å². The first kappa shape index (κ1) is 15.1. The van der Waals surface area contributed by atoms with E-state index in [1.807, 2.05) is 31.5 Å². The van der Waals surface area contributed by atoms with Gasteiger partial charge in [-0.3, -0.25) is 9.36 Å². The second-order valence-corrected chi connectivity index (χ2v) is 4.83. The molecule has 0 aliphatic heterocycles. The Balaban J connectivity index is 2.15. The van der Waals surface area contributed by atoms with Gasteiger partial charge in [0.2, 0.25) is 0 Å². The van der Waals surface area contributed by atoms with Crippen molar-refractivity contribution in [3.63, 3.8) is 0 Å². The predicted molar refractivity (Wildman–Crippen MR) is 78.8 cm³/mol. The van der Waals surface area contributed by atoms with Gasteiger partial charge in [-0.25, -0.2) is 4.79 Å². The van der Waals surface area contributed by atoms with Gasteiger partial charge in [-0.1, -0.05) is 0 Å². The van der Waals surface area contributed by atoms with Gasteiger partial charge in [0, 0.05) is 13.1 Å². The molecule has 7 heteroatoms. The lowest BCUT2D eigenvalue weighted by molar-refractivity contribution is 0.0449. The monoisotopic (exact) mass is 291 g/mol. The molecule has 2 aromatic rings. The summed E-state index contributed by atoms with van der Waals surface area (Å²) < 4.78 is 8.74. The Labute approximate surface area is 123 Å². The lowest BCUT2D eigenvalue weighted by Gasteiger charge is -2.08. The van der Waals surface area contributed by atoms with Crippen molar-refractivity contribution in [2.45, 2.75) is 47.4 Å². The average molecular weight is 291 g/mol. The van der Waals surface area contributed by atoms with E-state index in [1.54, 1.807) is 11.6 Å². The van der Waals surface area contributed by atoms with Crippen molar-refractivity contribution in [1.82, 2.24) is 19.6 Å². The third-order valence-electron chi connectivity index (χ3n) is 3.30. The molecule has 7 nitrogen and oxygen atoms in total. The van der Waals surface area contributed by atoms with Crippen molar-refractivity contribution in [2.24, 2.45) is 0 Å². The van der Waals surface area contributed by atoms with Crippen LogP contribution in [0.5, 0.6) is 0 Å². The normalized spacial score (nSPS) is 10.9. The summed E-state index contributed by atoms with van der Waals surface area (Å²) in [6, 6.07) is 1.91. The van der Waals surface area contributed by atoms with E-state index >= 15 is 0 Å². The van der Waals surface area contributed by atoms with Crippen molar-refractivity contribution >= 4 is 11.7 Å². The highest BCUT2D eigenvalue weighted by Gasteiger charge is 2.21.